The van der Waals surface area contributed by atoms with E-state index in [0.717, 1.165) is 22.8 Å². The molecule has 2 aromatic rings. The first kappa shape index (κ1) is 19.6. The summed E-state index contributed by atoms with van der Waals surface area (Å²) in [5.41, 5.74) is 0.401. The van der Waals surface area contributed by atoms with Crippen molar-refractivity contribution in [1.82, 2.24) is 0 Å². The summed E-state index contributed by atoms with van der Waals surface area (Å²) in [4.78, 5) is 12.9. The van der Waals surface area contributed by atoms with Gasteiger partial charge in [0, 0.05) is 5.69 Å². The lowest BCUT2D eigenvalue weighted by Crippen LogP contribution is -3.10. The summed E-state index contributed by atoms with van der Waals surface area (Å²) in [6.07, 6.45) is -4.74. The third-order valence-corrected chi connectivity index (χ3v) is 3.37. The van der Waals surface area contributed by atoms with Crippen LogP contribution in [0.15, 0.2) is 54.6 Å². The van der Waals surface area contributed by atoms with E-state index in [0.29, 0.717) is 18.8 Å². The van der Waals surface area contributed by atoms with Crippen molar-refractivity contribution in [1.29, 1.82) is 0 Å². The molecule has 1 atom stereocenters. The molecule has 0 radical (unpaired) electrons. The number of hydrogen-bond donors (Lipinski definition) is 2. The second kappa shape index (κ2) is 9.10. The molecule has 0 fully saturated rings. The number of hydrogen-bond acceptors (Lipinski definition) is 3. The lowest BCUT2D eigenvalue weighted by Gasteiger charge is -2.14. The van der Waals surface area contributed by atoms with Gasteiger partial charge in [-0.1, -0.05) is 18.2 Å². The average molecular weight is 369 g/mol. The van der Waals surface area contributed by atoms with Gasteiger partial charge in [-0.15, -0.1) is 13.2 Å². The van der Waals surface area contributed by atoms with Crippen LogP contribution < -0.4 is 19.7 Å². The van der Waals surface area contributed by atoms with Crippen LogP contribution in [0.4, 0.5) is 18.9 Å². The summed E-state index contributed by atoms with van der Waals surface area (Å²) >= 11 is 0. The molecule has 0 aliphatic rings. The molecule has 0 aliphatic heterocycles. The molecule has 0 saturated heterocycles. The Morgan fingerprint density at radius 1 is 1.04 bits per heavy atom. The summed E-state index contributed by atoms with van der Waals surface area (Å²) in [5.74, 6) is 0.189. The minimum Gasteiger partial charge on any atom is -0.488 e. The van der Waals surface area contributed by atoms with E-state index >= 15 is 0 Å². The van der Waals surface area contributed by atoms with Crippen molar-refractivity contribution in [2.45, 2.75) is 6.36 Å². The highest BCUT2D eigenvalue weighted by molar-refractivity contribution is 5.91. The second-order valence-electron chi connectivity index (χ2n) is 5.67. The third-order valence-electron chi connectivity index (χ3n) is 3.37. The summed E-state index contributed by atoms with van der Waals surface area (Å²) in [5, 5.41) is 2.63. The molecule has 0 bridgehead atoms. The van der Waals surface area contributed by atoms with Gasteiger partial charge in [-0.25, -0.2) is 0 Å². The monoisotopic (exact) mass is 369 g/mol. The highest BCUT2D eigenvalue weighted by atomic mass is 19.4. The van der Waals surface area contributed by atoms with Crippen molar-refractivity contribution >= 4 is 11.6 Å². The van der Waals surface area contributed by atoms with E-state index in [-0.39, 0.29) is 18.2 Å². The minimum atomic E-state index is -4.74. The van der Waals surface area contributed by atoms with Gasteiger partial charge >= 0.3 is 6.36 Å². The molecule has 1 amide bonds. The number of anilines is 1. The normalized spacial score (nSPS) is 12.3. The van der Waals surface area contributed by atoms with Gasteiger partial charge in [0.05, 0.1) is 7.05 Å². The van der Waals surface area contributed by atoms with Gasteiger partial charge in [0.25, 0.3) is 5.91 Å². The molecule has 2 rings (SSSR count). The Hall–Kier alpha value is -2.74. The molecule has 1 unspecified atom stereocenters. The predicted molar refractivity (Wildman–Crippen MR) is 90.3 cm³/mol. The van der Waals surface area contributed by atoms with E-state index in [2.05, 4.69) is 10.1 Å². The minimum absolute atomic E-state index is 0.207. The zero-order valence-corrected chi connectivity index (χ0v) is 14.2. The zero-order chi connectivity index (χ0) is 19.0. The molecule has 0 aliphatic carbocycles. The number of para-hydroxylation sites is 1. The SMILES string of the molecule is C[NH+](CCOc1ccccc1)CC(=O)Nc1ccc(OC(F)(F)F)cc1. The van der Waals surface area contributed by atoms with Crippen LogP contribution in [0.25, 0.3) is 0 Å². The fourth-order valence-electron chi connectivity index (χ4n) is 2.17. The van der Waals surface area contributed by atoms with Crippen LogP contribution in [0, 0.1) is 0 Å². The van der Waals surface area contributed by atoms with Gasteiger partial charge in [-0.3, -0.25) is 4.79 Å². The average Bonchev–Trinajstić information content (AvgIpc) is 2.56. The number of carbonyl (C=O) groups excluding carboxylic acids is 1. The van der Waals surface area contributed by atoms with Crippen LogP contribution in [0.2, 0.25) is 0 Å². The molecular weight excluding hydrogens is 349 g/mol. The van der Waals surface area contributed by atoms with Crippen molar-refractivity contribution in [3.8, 4) is 11.5 Å². The molecule has 0 heterocycles. The molecule has 0 aromatic heterocycles. The number of carbonyl (C=O) groups is 1. The van der Waals surface area contributed by atoms with Crippen LogP contribution >= 0.6 is 0 Å². The van der Waals surface area contributed by atoms with Gasteiger partial charge in [0.1, 0.15) is 24.7 Å². The second-order valence-corrected chi connectivity index (χ2v) is 5.67. The first-order valence-corrected chi connectivity index (χ1v) is 7.96. The standard InChI is InChI=1S/C18H19F3N2O3/c1-23(11-12-25-15-5-3-2-4-6-15)13-17(24)22-14-7-9-16(10-8-14)26-18(19,20)21/h2-10H,11-13H2,1H3,(H,22,24)/p+1. The van der Waals surface area contributed by atoms with E-state index in [1.165, 1.54) is 12.1 Å². The molecule has 26 heavy (non-hydrogen) atoms. The lowest BCUT2D eigenvalue weighted by atomic mass is 10.3. The number of likely N-dealkylation sites (N-methyl/N-ethyl adjacent to an activating group) is 1. The van der Waals surface area contributed by atoms with E-state index in [1.54, 1.807) is 0 Å². The quantitative estimate of drug-likeness (QED) is 0.750. The Bertz CT molecular complexity index is 691. The van der Waals surface area contributed by atoms with Crippen LogP contribution in [-0.4, -0.2) is 39.0 Å². The van der Waals surface area contributed by atoms with Crippen molar-refractivity contribution in [2.75, 3.05) is 32.1 Å². The summed E-state index contributed by atoms with van der Waals surface area (Å²) < 4.78 is 45.6. The zero-order valence-electron chi connectivity index (χ0n) is 14.2. The lowest BCUT2D eigenvalue weighted by molar-refractivity contribution is -0.871. The number of quaternary nitrogens is 1. The maximum Gasteiger partial charge on any atom is 0.573 e. The topological polar surface area (TPSA) is 52.0 Å². The van der Waals surface area contributed by atoms with Crippen molar-refractivity contribution < 1.29 is 32.3 Å². The molecule has 0 spiro atoms. The maximum atomic E-state index is 12.1. The van der Waals surface area contributed by atoms with Gasteiger partial charge < -0.3 is 19.7 Å². The smallest absolute Gasteiger partial charge is 0.488 e. The Labute approximate surface area is 149 Å². The van der Waals surface area contributed by atoms with Crippen LogP contribution in [0.1, 0.15) is 0 Å². The Morgan fingerprint density at radius 3 is 2.31 bits per heavy atom. The number of benzene rings is 2. The highest BCUT2D eigenvalue weighted by Gasteiger charge is 2.30. The maximum absolute atomic E-state index is 12.1. The third kappa shape index (κ3) is 7.43. The van der Waals surface area contributed by atoms with E-state index in [9.17, 15) is 18.0 Å². The van der Waals surface area contributed by atoms with E-state index < -0.39 is 6.36 Å². The Kier molecular flexibility index (Phi) is 6.85. The molecule has 8 heteroatoms. The summed E-state index contributed by atoms with van der Waals surface area (Å²) in [6, 6.07) is 14.4. The van der Waals surface area contributed by atoms with Crippen LogP contribution in [-0.2, 0) is 4.79 Å². The molecular formula is C18H20F3N2O3+. The van der Waals surface area contributed by atoms with Crippen molar-refractivity contribution in [3.05, 3.63) is 54.6 Å². The number of rotatable bonds is 8. The molecule has 2 aromatic carbocycles. The Balaban J connectivity index is 1.72. The number of ether oxygens (including phenoxy) is 2. The van der Waals surface area contributed by atoms with E-state index in [4.69, 9.17) is 4.74 Å². The van der Waals surface area contributed by atoms with Gasteiger partial charge in [0.15, 0.2) is 6.54 Å². The first-order chi connectivity index (χ1) is 12.3. The Morgan fingerprint density at radius 2 is 1.69 bits per heavy atom. The molecule has 140 valence electrons. The first-order valence-electron chi connectivity index (χ1n) is 7.96. The number of halogens is 3. The van der Waals surface area contributed by atoms with Gasteiger partial charge in [-0.2, -0.15) is 0 Å². The predicted octanol–water partition coefficient (Wildman–Crippen LogP) is 2.12. The molecule has 5 nitrogen and oxygen atoms in total. The number of alkyl halides is 3. The molecule has 0 saturated carbocycles. The van der Waals surface area contributed by atoms with Crippen molar-refractivity contribution in [2.24, 2.45) is 0 Å². The number of amides is 1. The fraction of sp³-hybridized carbons (Fsp3) is 0.278. The van der Waals surface area contributed by atoms with E-state index in [1.807, 2.05) is 37.4 Å². The summed E-state index contributed by atoms with van der Waals surface area (Å²) in [7, 11) is 1.86. The van der Waals surface area contributed by atoms with Crippen LogP contribution in [0.3, 0.4) is 0 Å². The number of nitrogens with one attached hydrogen (secondary N) is 2. The fourth-order valence-corrected chi connectivity index (χ4v) is 2.17. The summed E-state index contributed by atoms with van der Waals surface area (Å²) in [6.45, 7) is 1.30. The van der Waals surface area contributed by atoms with Crippen molar-refractivity contribution in [3.63, 3.8) is 0 Å². The van der Waals surface area contributed by atoms with Gasteiger partial charge in [0.2, 0.25) is 0 Å². The van der Waals surface area contributed by atoms with Crippen LogP contribution in [0.5, 0.6) is 11.5 Å². The van der Waals surface area contributed by atoms with Gasteiger partial charge in [-0.05, 0) is 36.4 Å². The largest absolute Gasteiger partial charge is 0.573 e. The highest BCUT2D eigenvalue weighted by Crippen LogP contribution is 2.23. The molecule has 2 N–H and O–H groups in total.